The largest absolute Gasteiger partial charge is 0.493 e. The lowest BCUT2D eigenvalue weighted by Crippen LogP contribution is -2.33. The quantitative estimate of drug-likeness (QED) is 0.327. The maximum atomic E-state index is 8.60. The molecule has 0 atom stereocenters. The van der Waals surface area contributed by atoms with E-state index in [0.29, 0.717) is 24.6 Å². The van der Waals surface area contributed by atoms with Crippen LogP contribution in [0.2, 0.25) is 0 Å². The van der Waals surface area contributed by atoms with Gasteiger partial charge in [0, 0.05) is 18.8 Å². The summed E-state index contributed by atoms with van der Waals surface area (Å²) in [7, 11) is 3.15. The van der Waals surface area contributed by atoms with Crippen molar-refractivity contribution in [1.29, 1.82) is 0 Å². The maximum absolute atomic E-state index is 8.60. The van der Waals surface area contributed by atoms with Gasteiger partial charge in [0.15, 0.2) is 17.3 Å². The van der Waals surface area contributed by atoms with E-state index in [1.54, 1.807) is 26.5 Å². The van der Waals surface area contributed by atoms with E-state index >= 15 is 0 Å². The standard InChI is InChI=1S/C12H20N4O3/c1-4-16(8-11(13)15-17)7-9-12(19-3)10(18-2)5-6-14-9/h5-6,17H,4,7-8H2,1-3H3,(H2,13,15). The minimum absolute atomic E-state index is 0.156. The minimum Gasteiger partial charge on any atom is -0.493 e. The van der Waals surface area contributed by atoms with Gasteiger partial charge in [-0.25, -0.2) is 0 Å². The van der Waals surface area contributed by atoms with Gasteiger partial charge < -0.3 is 20.4 Å². The molecular weight excluding hydrogens is 248 g/mol. The number of methoxy groups -OCH3 is 2. The molecule has 0 bridgehead atoms. The van der Waals surface area contributed by atoms with E-state index in [4.69, 9.17) is 20.4 Å². The van der Waals surface area contributed by atoms with E-state index in [1.165, 1.54) is 0 Å². The molecule has 0 aliphatic carbocycles. The molecule has 0 saturated heterocycles. The van der Waals surface area contributed by atoms with Crippen LogP contribution in [0.1, 0.15) is 12.6 Å². The monoisotopic (exact) mass is 268 g/mol. The van der Waals surface area contributed by atoms with Crippen LogP contribution in [0.3, 0.4) is 0 Å². The fourth-order valence-corrected chi connectivity index (χ4v) is 1.72. The lowest BCUT2D eigenvalue weighted by atomic mass is 10.2. The first-order chi connectivity index (χ1) is 9.15. The summed E-state index contributed by atoms with van der Waals surface area (Å²) >= 11 is 0. The van der Waals surface area contributed by atoms with Crippen molar-refractivity contribution in [3.8, 4) is 11.5 Å². The number of nitrogens with two attached hydrogens (primary N) is 1. The Morgan fingerprint density at radius 3 is 2.74 bits per heavy atom. The number of pyridine rings is 1. The van der Waals surface area contributed by atoms with Crippen molar-refractivity contribution in [2.45, 2.75) is 13.5 Å². The molecule has 7 nitrogen and oxygen atoms in total. The van der Waals surface area contributed by atoms with Gasteiger partial charge in [-0.15, -0.1) is 0 Å². The summed E-state index contributed by atoms with van der Waals surface area (Å²) in [6.07, 6.45) is 1.66. The highest BCUT2D eigenvalue weighted by molar-refractivity contribution is 5.81. The highest BCUT2D eigenvalue weighted by Crippen LogP contribution is 2.29. The van der Waals surface area contributed by atoms with Crippen molar-refractivity contribution in [3.05, 3.63) is 18.0 Å². The van der Waals surface area contributed by atoms with E-state index in [0.717, 1.165) is 12.2 Å². The van der Waals surface area contributed by atoms with Crippen LogP contribution in [0.25, 0.3) is 0 Å². The molecule has 7 heteroatoms. The van der Waals surface area contributed by atoms with E-state index < -0.39 is 0 Å². The van der Waals surface area contributed by atoms with Crippen LogP contribution in [-0.4, -0.2) is 48.2 Å². The third-order valence-corrected chi connectivity index (χ3v) is 2.70. The summed E-state index contributed by atoms with van der Waals surface area (Å²) in [4.78, 5) is 6.26. The molecule has 0 spiro atoms. The van der Waals surface area contributed by atoms with E-state index in [2.05, 4.69) is 10.1 Å². The molecule has 0 unspecified atom stereocenters. The lowest BCUT2D eigenvalue weighted by Gasteiger charge is -2.20. The van der Waals surface area contributed by atoms with Crippen molar-refractivity contribution in [1.82, 2.24) is 9.88 Å². The first kappa shape index (κ1) is 15.0. The number of hydrogen-bond acceptors (Lipinski definition) is 6. The van der Waals surface area contributed by atoms with E-state index in [9.17, 15) is 0 Å². The zero-order valence-electron chi connectivity index (χ0n) is 11.5. The second kappa shape index (κ2) is 7.42. The third kappa shape index (κ3) is 3.99. The number of oxime groups is 1. The first-order valence-electron chi connectivity index (χ1n) is 5.90. The third-order valence-electron chi connectivity index (χ3n) is 2.70. The van der Waals surface area contributed by atoms with Gasteiger partial charge in [0.25, 0.3) is 0 Å². The SMILES string of the molecule is CCN(C/C(N)=N/O)Cc1nccc(OC)c1OC. The molecule has 0 saturated carbocycles. The van der Waals surface area contributed by atoms with Gasteiger partial charge in [0.05, 0.1) is 20.8 Å². The molecule has 1 heterocycles. The number of likely N-dealkylation sites (N-methyl/N-ethyl adjacent to an activating group) is 1. The van der Waals surface area contributed by atoms with Gasteiger partial charge >= 0.3 is 0 Å². The number of amidine groups is 1. The highest BCUT2D eigenvalue weighted by Gasteiger charge is 2.14. The minimum atomic E-state index is 0.156. The van der Waals surface area contributed by atoms with E-state index in [1.807, 2.05) is 11.8 Å². The topological polar surface area (TPSA) is 93.2 Å². The number of rotatable bonds is 7. The number of hydrogen-bond donors (Lipinski definition) is 2. The Kier molecular flexibility index (Phi) is 5.87. The number of nitrogens with zero attached hydrogens (tertiary/aromatic N) is 3. The van der Waals surface area contributed by atoms with Crippen LogP contribution in [0.5, 0.6) is 11.5 Å². The zero-order chi connectivity index (χ0) is 14.3. The maximum Gasteiger partial charge on any atom is 0.183 e. The van der Waals surface area contributed by atoms with Crippen molar-refractivity contribution in [2.24, 2.45) is 10.9 Å². The molecule has 19 heavy (non-hydrogen) atoms. The van der Waals surface area contributed by atoms with Crippen LogP contribution in [0.15, 0.2) is 17.4 Å². The Morgan fingerprint density at radius 1 is 1.47 bits per heavy atom. The summed E-state index contributed by atoms with van der Waals surface area (Å²) in [5.41, 5.74) is 6.26. The van der Waals surface area contributed by atoms with Crippen molar-refractivity contribution in [3.63, 3.8) is 0 Å². The molecule has 1 rings (SSSR count). The van der Waals surface area contributed by atoms with Gasteiger partial charge in [-0.05, 0) is 6.54 Å². The molecule has 0 amide bonds. The summed E-state index contributed by atoms with van der Waals surface area (Å²) in [6, 6.07) is 1.74. The van der Waals surface area contributed by atoms with E-state index in [-0.39, 0.29) is 5.84 Å². The molecule has 1 aromatic rings. The Hall–Kier alpha value is -2.02. The van der Waals surface area contributed by atoms with Crippen LogP contribution in [0, 0.1) is 0 Å². The molecule has 3 N–H and O–H groups in total. The summed E-state index contributed by atoms with van der Waals surface area (Å²) < 4.78 is 10.5. The fraction of sp³-hybridized carbons (Fsp3) is 0.500. The summed E-state index contributed by atoms with van der Waals surface area (Å²) in [6.45, 7) is 3.59. The Balaban J connectivity index is 2.90. The molecular formula is C12H20N4O3. The zero-order valence-corrected chi connectivity index (χ0v) is 11.5. The average Bonchev–Trinajstić information content (AvgIpc) is 2.45. The molecule has 106 valence electrons. The molecule has 1 aromatic heterocycles. The highest BCUT2D eigenvalue weighted by atomic mass is 16.5. The lowest BCUT2D eigenvalue weighted by molar-refractivity contribution is 0.285. The molecule has 0 fully saturated rings. The van der Waals surface area contributed by atoms with Gasteiger partial charge in [-0.1, -0.05) is 12.1 Å². The van der Waals surface area contributed by atoms with Gasteiger partial charge in [0.1, 0.15) is 5.69 Å². The second-order valence-corrected chi connectivity index (χ2v) is 3.89. The van der Waals surface area contributed by atoms with Gasteiger partial charge in [0.2, 0.25) is 0 Å². The first-order valence-corrected chi connectivity index (χ1v) is 5.90. The average molecular weight is 268 g/mol. The smallest absolute Gasteiger partial charge is 0.183 e. The molecule has 0 aliphatic rings. The van der Waals surface area contributed by atoms with Crippen LogP contribution in [0.4, 0.5) is 0 Å². The predicted octanol–water partition coefficient (Wildman–Crippen LogP) is 0.667. The van der Waals surface area contributed by atoms with Crippen LogP contribution < -0.4 is 15.2 Å². The molecule has 0 aliphatic heterocycles. The summed E-state index contributed by atoms with van der Waals surface area (Å²) in [5.74, 6) is 1.39. The Bertz CT molecular complexity index is 437. The normalized spacial score (nSPS) is 11.7. The van der Waals surface area contributed by atoms with Crippen LogP contribution >= 0.6 is 0 Å². The molecule has 0 aromatic carbocycles. The van der Waals surface area contributed by atoms with Crippen molar-refractivity contribution < 1.29 is 14.7 Å². The number of aromatic nitrogens is 1. The van der Waals surface area contributed by atoms with Gasteiger partial charge in [-0.2, -0.15) is 0 Å². The second-order valence-electron chi connectivity index (χ2n) is 3.89. The molecule has 0 radical (unpaired) electrons. The Morgan fingerprint density at radius 2 is 2.21 bits per heavy atom. The summed E-state index contributed by atoms with van der Waals surface area (Å²) in [5, 5.41) is 11.6. The van der Waals surface area contributed by atoms with Crippen molar-refractivity contribution in [2.75, 3.05) is 27.3 Å². The van der Waals surface area contributed by atoms with Gasteiger partial charge in [-0.3, -0.25) is 9.88 Å². The fourth-order valence-electron chi connectivity index (χ4n) is 1.72. The van der Waals surface area contributed by atoms with Crippen LogP contribution in [-0.2, 0) is 6.54 Å². The van der Waals surface area contributed by atoms with Crippen molar-refractivity contribution >= 4 is 5.84 Å². The Labute approximate surface area is 112 Å². The predicted molar refractivity (Wildman–Crippen MR) is 71.7 cm³/mol. The number of ether oxygens (including phenoxy) is 2.